The van der Waals surface area contributed by atoms with Gasteiger partial charge in [-0.3, -0.25) is 4.40 Å². The van der Waals surface area contributed by atoms with E-state index in [2.05, 4.69) is 5.32 Å². The molecule has 0 atom stereocenters. The van der Waals surface area contributed by atoms with Crippen molar-refractivity contribution in [1.82, 2.24) is 9.38 Å². The molecule has 0 bridgehead atoms. The van der Waals surface area contributed by atoms with Gasteiger partial charge in [0.1, 0.15) is 22.9 Å². The number of rotatable bonds is 4. The molecule has 136 valence electrons. The van der Waals surface area contributed by atoms with Crippen molar-refractivity contribution < 1.29 is 13.9 Å². The van der Waals surface area contributed by atoms with Gasteiger partial charge in [-0.25, -0.2) is 9.78 Å². The van der Waals surface area contributed by atoms with Gasteiger partial charge in [0.2, 0.25) is 0 Å². The molecule has 0 unspecified atom stereocenters. The molecule has 0 aliphatic rings. The summed E-state index contributed by atoms with van der Waals surface area (Å²) < 4.78 is 12.7. The van der Waals surface area contributed by atoms with Gasteiger partial charge in [-0.2, -0.15) is 0 Å². The number of aryl methyl sites for hydroxylation is 2. The maximum Gasteiger partial charge on any atom is 0.339 e. The standard InChI is InChI=1S/C21H19N3O3/c1-13-7-6-10-18-23-19(17-12-11-14(2)27-17)20(24(13)18)22-16-9-5-4-8-15(16)21(25)26-3/h4-12,22H,1-3H3. The van der Waals surface area contributed by atoms with Crippen molar-refractivity contribution in [2.75, 3.05) is 12.4 Å². The van der Waals surface area contributed by atoms with E-state index in [1.807, 2.05) is 60.7 Å². The summed E-state index contributed by atoms with van der Waals surface area (Å²) in [5.74, 6) is 1.79. The first-order valence-electron chi connectivity index (χ1n) is 8.57. The van der Waals surface area contributed by atoms with E-state index in [-0.39, 0.29) is 0 Å². The van der Waals surface area contributed by atoms with Crippen molar-refractivity contribution in [3.05, 3.63) is 71.6 Å². The van der Waals surface area contributed by atoms with Crippen LogP contribution >= 0.6 is 0 Å². The summed E-state index contributed by atoms with van der Waals surface area (Å²) in [5, 5.41) is 3.37. The number of pyridine rings is 1. The van der Waals surface area contributed by atoms with Crippen LogP contribution in [-0.2, 0) is 4.74 Å². The molecule has 4 aromatic rings. The Balaban J connectivity index is 1.92. The maximum absolute atomic E-state index is 12.1. The smallest absolute Gasteiger partial charge is 0.339 e. The minimum atomic E-state index is -0.404. The minimum Gasteiger partial charge on any atom is -0.465 e. The normalized spacial score (nSPS) is 10.9. The predicted octanol–water partition coefficient (Wildman–Crippen LogP) is 4.74. The Hall–Kier alpha value is -3.54. The highest BCUT2D eigenvalue weighted by atomic mass is 16.5. The van der Waals surface area contributed by atoms with Gasteiger partial charge in [0.15, 0.2) is 5.76 Å². The van der Waals surface area contributed by atoms with Crippen LogP contribution in [0.4, 0.5) is 11.5 Å². The zero-order valence-corrected chi connectivity index (χ0v) is 15.3. The molecule has 3 heterocycles. The average molecular weight is 361 g/mol. The molecule has 0 saturated heterocycles. The van der Waals surface area contributed by atoms with E-state index in [9.17, 15) is 4.79 Å². The third-order valence-corrected chi connectivity index (χ3v) is 4.40. The summed E-state index contributed by atoms with van der Waals surface area (Å²) in [4.78, 5) is 16.9. The lowest BCUT2D eigenvalue weighted by molar-refractivity contribution is 0.0602. The summed E-state index contributed by atoms with van der Waals surface area (Å²) >= 11 is 0. The molecule has 0 aliphatic heterocycles. The molecule has 27 heavy (non-hydrogen) atoms. The number of ether oxygens (including phenoxy) is 1. The number of anilines is 2. The molecule has 0 fully saturated rings. The van der Waals surface area contributed by atoms with Crippen LogP contribution in [0.5, 0.6) is 0 Å². The first kappa shape index (κ1) is 16.9. The Labute approximate surface area is 156 Å². The summed E-state index contributed by atoms with van der Waals surface area (Å²) in [6.45, 7) is 3.90. The Kier molecular flexibility index (Phi) is 4.16. The Morgan fingerprint density at radius 2 is 1.89 bits per heavy atom. The second kappa shape index (κ2) is 6.64. The highest BCUT2D eigenvalue weighted by Gasteiger charge is 2.20. The van der Waals surface area contributed by atoms with E-state index in [1.165, 1.54) is 7.11 Å². The number of carbonyl (C=O) groups excluding carboxylic acids is 1. The fourth-order valence-electron chi connectivity index (χ4n) is 3.11. The number of esters is 1. The van der Waals surface area contributed by atoms with Crippen LogP contribution in [0.15, 0.2) is 59.0 Å². The number of benzene rings is 1. The molecule has 0 spiro atoms. The van der Waals surface area contributed by atoms with Crippen molar-refractivity contribution in [3.63, 3.8) is 0 Å². The molecule has 0 saturated carbocycles. The first-order valence-corrected chi connectivity index (χ1v) is 8.57. The number of furan rings is 1. The van der Waals surface area contributed by atoms with Crippen molar-refractivity contribution in [1.29, 1.82) is 0 Å². The van der Waals surface area contributed by atoms with E-state index in [4.69, 9.17) is 14.1 Å². The SMILES string of the molecule is COC(=O)c1ccccc1Nc1c(-c2ccc(C)o2)nc2cccc(C)n12. The van der Waals surface area contributed by atoms with E-state index in [1.54, 1.807) is 12.1 Å². The van der Waals surface area contributed by atoms with Gasteiger partial charge in [-0.05, 0) is 50.2 Å². The average Bonchev–Trinajstić information content (AvgIpc) is 3.26. The highest BCUT2D eigenvalue weighted by molar-refractivity contribution is 5.97. The fourth-order valence-corrected chi connectivity index (χ4v) is 3.11. The van der Waals surface area contributed by atoms with Gasteiger partial charge in [0.05, 0.1) is 18.4 Å². The molecule has 1 N–H and O–H groups in total. The number of hydrogen-bond acceptors (Lipinski definition) is 5. The number of fused-ring (bicyclic) bond motifs is 1. The minimum absolute atomic E-state index is 0.404. The maximum atomic E-state index is 12.1. The zero-order valence-electron chi connectivity index (χ0n) is 15.3. The van der Waals surface area contributed by atoms with Gasteiger partial charge in [-0.15, -0.1) is 0 Å². The zero-order chi connectivity index (χ0) is 19.0. The van der Waals surface area contributed by atoms with Crippen molar-refractivity contribution in [2.24, 2.45) is 0 Å². The molecule has 1 aromatic carbocycles. The summed E-state index contributed by atoms with van der Waals surface area (Å²) in [6, 6.07) is 16.9. The van der Waals surface area contributed by atoms with Crippen molar-refractivity contribution in [2.45, 2.75) is 13.8 Å². The molecule has 6 nitrogen and oxygen atoms in total. The van der Waals surface area contributed by atoms with Crippen LogP contribution < -0.4 is 5.32 Å². The van der Waals surface area contributed by atoms with Crippen LogP contribution in [0.25, 0.3) is 17.1 Å². The quantitative estimate of drug-likeness (QED) is 0.532. The monoisotopic (exact) mass is 361 g/mol. The number of para-hydroxylation sites is 1. The molecular formula is C21H19N3O3. The van der Waals surface area contributed by atoms with E-state index < -0.39 is 5.97 Å². The number of methoxy groups -OCH3 is 1. The number of imidazole rings is 1. The molecule has 0 aliphatic carbocycles. The highest BCUT2D eigenvalue weighted by Crippen LogP contribution is 2.34. The second-order valence-corrected chi connectivity index (χ2v) is 6.24. The van der Waals surface area contributed by atoms with E-state index in [0.717, 1.165) is 22.9 Å². The number of aromatic nitrogens is 2. The summed E-state index contributed by atoms with van der Waals surface area (Å²) in [7, 11) is 1.37. The van der Waals surface area contributed by atoms with Gasteiger partial charge in [0.25, 0.3) is 0 Å². The fraction of sp³-hybridized carbons (Fsp3) is 0.143. The number of nitrogens with zero attached hydrogens (tertiary/aromatic N) is 2. The first-order chi connectivity index (χ1) is 13.1. The van der Waals surface area contributed by atoms with Crippen LogP contribution in [0.1, 0.15) is 21.8 Å². The third kappa shape index (κ3) is 2.95. The number of carbonyl (C=O) groups is 1. The van der Waals surface area contributed by atoms with E-state index >= 15 is 0 Å². The van der Waals surface area contributed by atoms with Crippen LogP contribution in [0, 0.1) is 13.8 Å². The number of nitrogens with one attached hydrogen (secondary N) is 1. The van der Waals surface area contributed by atoms with Crippen LogP contribution in [-0.4, -0.2) is 22.5 Å². The van der Waals surface area contributed by atoms with Gasteiger partial charge in [0, 0.05) is 5.69 Å². The molecule has 4 rings (SSSR count). The molecular weight excluding hydrogens is 342 g/mol. The Bertz CT molecular complexity index is 1140. The molecule has 6 heteroatoms. The van der Waals surface area contributed by atoms with Crippen molar-refractivity contribution in [3.8, 4) is 11.5 Å². The summed E-state index contributed by atoms with van der Waals surface area (Å²) in [5.41, 5.74) is 3.56. The number of hydrogen-bond donors (Lipinski definition) is 1. The predicted molar refractivity (Wildman–Crippen MR) is 103 cm³/mol. The lowest BCUT2D eigenvalue weighted by atomic mass is 10.1. The van der Waals surface area contributed by atoms with Crippen LogP contribution in [0.3, 0.4) is 0 Å². The van der Waals surface area contributed by atoms with Gasteiger partial charge < -0.3 is 14.5 Å². The molecule has 3 aromatic heterocycles. The topological polar surface area (TPSA) is 68.8 Å². The lowest BCUT2D eigenvalue weighted by Gasteiger charge is -2.12. The lowest BCUT2D eigenvalue weighted by Crippen LogP contribution is -2.07. The Morgan fingerprint density at radius 3 is 2.63 bits per heavy atom. The molecule has 0 radical (unpaired) electrons. The second-order valence-electron chi connectivity index (χ2n) is 6.24. The van der Waals surface area contributed by atoms with Gasteiger partial charge >= 0.3 is 5.97 Å². The summed E-state index contributed by atoms with van der Waals surface area (Å²) in [6.07, 6.45) is 0. The molecule has 0 amide bonds. The third-order valence-electron chi connectivity index (χ3n) is 4.40. The van der Waals surface area contributed by atoms with Crippen LogP contribution in [0.2, 0.25) is 0 Å². The Morgan fingerprint density at radius 1 is 1.07 bits per heavy atom. The van der Waals surface area contributed by atoms with Crippen molar-refractivity contribution >= 4 is 23.1 Å². The van der Waals surface area contributed by atoms with E-state index in [0.29, 0.717) is 22.7 Å². The van der Waals surface area contributed by atoms with Gasteiger partial charge in [-0.1, -0.05) is 18.2 Å². The largest absolute Gasteiger partial charge is 0.465 e.